The zero-order chi connectivity index (χ0) is 13.9. The molecule has 1 aromatic carbocycles. The average Bonchev–Trinajstić information content (AvgIpc) is 2.89. The number of likely N-dealkylation sites (tertiary alicyclic amines) is 1. The monoisotopic (exact) mass is 273 g/mol. The first-order chi connectivity index (χ1) is 9.72. The molecule has 1 aliphatic heterocycles. The molecule has 1 aromatic heterocycles. The van der Waals surface area contributed by atoms with Gasteiger partial charge >= 0.3 is 0 Å². The quantitative estimate of drug-likeness (QED) is 0.930. The molecule has 3 rings (SSSR count). The fourth-order valence-electron chi connectivity index (χ4n) is 2.47. The van der Waals surface area contributed by atoms with Gasteiger partial charge in [0.25, 0.3) is 0 Å². The third-order valence-electron chi connectivity index (χ3n) is 3.73. The molecule has 20 heavy (non-hydrogen) atoms. The molecule has 0 radical (unpaired) electrons. The molecule has 1 fully saturated rings. The number of benzene rings is 1. The Balaban J connectivity index is 1.66. The van der Waals surface area contributed by atoms with Crippen LogP contribution < -0.4 is 10.5 Å². The molecular weight excluding hydrogens is 254 g/mol. The molecule has 0 amide bonds. The summed E-state index contributed by atoms with van der Waals surface area (Å²) in [4.78, 5) is 2.33. The second kappa shape index (κ2) is 5.54. The van der Waals surface area contributed by atoms with Crippen LogP contribution in [-0.4, -0.2) is 36.3 Å². The third kappa shape index (κ3) is 2.77. The van der Waals surface area contributed by atoms with E-state index in [9.17, 15) is 0 Å². The van der Waals surface area contributed by atoms with E-state index >= 15 is 0 Å². The first-order valence-electron chi connectivity index (χ1n) is 6.88. The van der Waals surface area contributed by atoms with E-state index in [2.05, 4.69) is 17.1 Å². The maximum atomic E-state index is 6.01. The van der Waals surface area contributed by atoms with E-state index in [1.54, 1.807) is 6.20 Å². The van der Waals surface area contributed by atoms with Gasteiger partial charge in [-0.25, -0.2) is 0 Å². The van der Waals surface area contributed by atoms with Crippen molar-refractivity contribution in [2.24, 2.45) is 0 Å². The van der Waals surface area contributed by atoms with Gasteiger partial charge in [0.2, 0.25) is 5.88 Å². The normalized spacial score (nSPS) is 17.2. The molecule has 106 valence electrons. The number of aromatic nitrogens is 1. The van der Waals surface area contributed by atoms with Crippen LogP contribution in [0.4, 0.5) is 5.88 Å². The van der Waals surface area contributed by atoms with Crippen molar-refractivity contribution in [3.63, 3.8) is 0 Å². The lowest BCUT2D eigenvalue weighted by Gasteiger charge is -2.29. The van der Waals surface area contributed by atoms with Crippen LogP contribution in [0.3, 0.4) is 0 Å². The maximum Gasteiger partial charge on any atom is 0.229 e. The number of anilines is 1. The molecule has 2 aromatic rings. The van der Waals surface area contributed by atoms with Crippen LogP contribution in [0.2, 0.25) is 0 Å². The zero-order valence-corrected chi connectivity index (χ0v) is 11.6. The van der Waals surface area contributed by atoms with Crippen molar-refractivity contribution in [2.45, 2.75) is 18.9 Å². The molecule has 2 heterocycles. The summed E-state index contributed by atoms with van der Waals surface area (Å²) in [6.07, 6.45) is 4.10. The molecule has 0 unspecified atom stereocenters. The summed E-state index contributed by atoms with van der Waals surface area (Å²) in [6, 6.07) is 7.90. The maximum absolute atomic E-state index is 6.01. The summed E-state index contributed by atoms with van der Waals surface area (Å²) in [5.74, 6) is 1.24. The SMILES string of the molecule is CN1CCC(Oc2ccc(-c3cnoc3N)cc2)CC1. The summed E-state index contributed by atoms with van der Waals surface area (Å²) in [7, 11) is 2.15. The van der Waals surface area contributed by atoms with Crippen molar-refractivity contribution in [3.05, 3.63) is 30.5 Å². The van der Waals surface area contributed by atoms with E-state index < -0.39 is 0 Å². The van der Waals surface area contributed by atoms with E-state index in [-0.39, 0.29) is 0 Å². The topological polar surface area (TPSA) is 64.5 Å². The summed E-state index contributed by atoms with van der Waals surface area (Å²) in [5, 5.41) is 3.69. The predicted molar refractivity (Wildman–Crippen MR) is 77.5 cm³/mol. The van der Waals surface area contributed by atoms with E-state index in [4.69, 9.17) is 15.0 Å². The van der Waals surface area contributed by atoms with Crippen LogP contribution >= 0.6 is 0 Å². The van der Waals surface area contributed by atoms with Gasteiger partial charge in [-0.2, -0.15) is 0 Å². The highest BCUT2D eigenvalue weighted by molar-refractivity contribution is 5.72. The molecule has 1 aliphatic rings. The number of hydrogen-bond acceptors (Lipinski definition) is 5. The standard InChI is InChI=1S/C15H19N3O2/c1-18-8-6-13(7-9-18)19-12-4-2-11(3-5-12)14-10-17-20-15(14)16/h2-5,10,13H,6-9,16H2,1H3. The molecule has 1 saturated heterocycles. The number of piperidine rings is 1. The van der Waals surface area contributed by atoms with Crippen LogP contribution in [-0.2, 0) is 0 Å². The number of ether oxygens (including phenoxy) is 1. The Labute approximate surface area is 118 Å². The molecule has 5 nitrogen and oxygen atoms in total. The molecule has 0 bridgehead atoms. The first kappa shape index (κ1) is 13.0. The van der Waals surface area contributed by atoms with E-state index in [0.29, 0.717) is 12.0 Å². The Hall–Kier alpha value is -2.01. The second-order valence-corrected chi connectivity index (χ2v) is 5.25. The van der Waals surface area contributed by atoms with Gasteiger partial charge in [-0.05, 0) is 37.6 Å². The second-order valence-electron chi connectivity index (χ2n) is 5.25. The van der Waals surface area contributed by atoms with Crippen molar-refractivity contribution in [3.8, 4) is 16.9 Å². The molecule has 2 N–H and O–H groups in total. The van der Waals surface area contributed by atoms with Gasteiger partial charge in [0.1, 0.15) is 11.9 Å². The van der Waals surface area contributed by atoms with Gasteiger partial charge in [-0.15, -0.1) is 0 Å². The zero-order valence-electron chi connectivity index (χ0n) is 11.6. The van der Waals surface area contributed by atoms with Crippen molar-refractivity contribution in [1.29, 1.82) is 0 Å². The lowest BCUT2D eigenvalue weighted by Crippen LogP contribution is -2.35. The van der Waals surface area contributed by atoms with Crippen LogP contribution in [0.25, 0.3) is 11.1 Å². The van der Waals surface area contributed by atoms with Crippen molar-refractivity contribution < 1.29 is 9.26 Å². The van der Waals surface area contributed by atoms with Gasteiger partial charge in [0.05, 0.1) is 11.8 Å². The highest BCUT2D eigenvalue weighted by atomic mass is 16.5. The Morgan fingerprint density at radius 1 is 1.25 bits per heavy atom. The number of rotatable bonds is 3. The fraction of sp³-hybridized carbons (Fsp3) is 0.400. The lowest BCUT2D eigenvalue weighted by molar-refractivity contribution is 0.114. The molecule has 0 spiro atoms. The van der Waals surface area contributed by atoms with Gasteiger partial charge in [0.15, 0.2) is 0 Å². The van der Waals surface area contributed by atoms with Gasteiger partial charge in [-0.3, -0.25) is 0 Å². The fourth-order valence-corrected chi connectivity index (χ4v) is 2.47. The van der Waals surface area contributed by atoms with Crippen LogP contribution in [0, 0.1) is 0 Å². The molecule has 0 atom stereocenters. The minimum Gasteiger partial charge on any atom is -0.490 e. The summed E-state index contributed by atoms with van der Waals surface area (Å²) in [5.41, 5.74) is 7.51. The van der Waals surface area contributed by atoms with Crippen LogP contribution in [0.5, 0.6) is 5.75 Å². The van der Waals surface area contributed by atoms with E-state index in [1.165, 1.54) is 0 Å². The number of nitrogens with two attached hydrogens (primary N) is 1. The number of nitrogen functional groups attached to an aromatic ring is 1. The number of hydrogen-bond donors (Lipinski definition) is 1. The Morgan fingerprint density at radius 3 is 2.55 bits per heavy atom. The van der Waals surface area contributed by atoms with Crippen molar-refractivity contribution >= 4 is 5.88 Å². The van der Waals surface area contributed by atoms with Gasteiger partial charge in [-0.1, -0.05) is 17.3 Å². The summed E-state index contributed by atoms with van der Waals surface area (Å²) < 4.78 is 10.9. The van der Waals surface area contributed by atoms with Crippen LogP contribution in [0.15, 0.2) is 35.0 Å². The Kier molecular flexibility index (Phi) is 3.60. The predicted octanol–water partition coefficient (Wildman–Crippen LogP) is 2.40. The summed E-state index contributed by atoms with van der Waals surface area (Å²) >= 11 is 0. The summed E-state index contributed by atoms with van der Waals surface area (Å²) in [6.45, 7) is 2.19. The van der Waals surface area contributed by atoms with Gasteiger partial charge in [0, 0.05) is 13.1 Å². The van der Waals surface area contributed by atoms with E-state index in [0.717, 1.165) is 42.8 Å². The van der Waals surface area contributed by atoms with Crippen molar-refractivity contribution in [1.82, 2.24) is 10.1 Å². The van der Waals surface area contributed by atoms with Crippen LogP contribution in [0.1, 0.15) is 12.8 Å². The number of nitrogens with zero attached hydrogens (tertiary/aromatic N) is 2. The molecule has 0 saturated carbocycles. The molecule has 5 heteroatoms. The molecular formula is C15H19N3O2. The highest BCUT2D eigenvalue weighted by Gasteiger charge is 2.18. The third-order valence-corrected chi connectivity index (χ3v) is 3.73. The van der Waals surface area contributed by atoms with Crippen molar-refractivity contribution in [2.75, 3.05) is 25.9 Å². The molecule has 0 aliphatic carbocycles. The first-order valence-corrected chi connectivity index (χ1v) is 6.88. The van der Waals surface area contributed by atoms with E-state index in [1.807, 2.05) is 24.3 Å². The lowest BCUT2D eigenvalue weighted by atomic mass is 10.1. The largest absolute Gasteiger partial charge is 0.490 e. The minimum absolute atomic E-state index is 0.317. The minimum atomic E-state index is 0.317. The Morgan fingerprint density at radius 2 is 1.95 bits per heavy atom. The smallest absolute Gasteiger partial charge is 0.229 e. The highest BCUT2D eigenvalue weighted by Crippen LogP contribution is 2.27. The average molecular weight is 273 g/mol. The Bertz CT molecular complexity index is 557. The van der Waals surface area contributed by atoms with Gasteiger partial charge < -0.3 is 19.9 Å².